The quantitative estimate of drug-likeness (QED) is 0.210. The first-order chi connectivity index (χ1) is 16.6. The van der Waals surface area contributed by atoms with E-state index in [4.69, 9.17) is 9.29 Å². The van der Waals surface area contributed by atoms with Crippen molar-refractivity contribution in [1.82, 2.24) is 9.88 Å². The highest BCUT2D eigenvalue weighted by atomic mass is 32.2. The highest BCUT2D eigenvalue weighted by Crippen LogP contribution is 2.13. The zero-order valence-corrected chi connectivity index (χ0v) is 20.6. The van der Waals surface area contributed by atoms with E-state index in [9.17, 15) is 18.0 Å². The van der Waals surface area contributed by atoms with E-state index < -0.39 is 22.1 Å². The molecule has 1 aromatic carbocycles. The number of nitrogens with zero attached hydrogens (tertiary/aromatic N) is 2. The standard InChI is InChI=1S/C24H28N2O8S/c1-26(13-5-15-35(29,30)31)12-4-14-34-20-10-8-18(9-11-20)6-7-19-16-21(23(27)32-2)25-22(17-19)24(28)33-3/h8-11,16-17H,4-5,12-15H2,1-3H3,(H,29,30,31). The second-order valence-electron chi connectivity index (χ2n) is 7.53. The van der Waals surface area contributed by atoms with Crippen LogP contribution in [0.4, 0.5) is 0 Å². The number of hydrogen-bond donors (Lipinski definition) is 1. The molecule has 2 aromatic rings. The minimum atomic E-state index is -3.92. The summed E-state index contributed by atoms with van der Waals surface area (Å²) in [7, 11) is 0.395. The normalized spacial score (nSPS) is 10.9. The number of pyridine rings is 1. The summed E-state index contributed by atoms with van der Waals surface area (Å²) in [6.45, 7) is 1.77. The zero-order chi connectivity index (χ0) is 25.8. The SMILES string of the molecule is COC(=O)c1cc(C#Cc2ccc(OCCCN(C)CCCS(=O)(=O)O)cc2)cc(C(=O)OC)n1. The molecule has 2 rings (SSSR count). The van der Waals surface area contributed by atoms with Crippen molar-refractivity contribution in [3.05, 3.63) is 58.9 Å². The van der Waals surface area contributed by atoms with Crippen molar-refractivity contribution >= 4 is 22.1 Å². The van der Waals surface area contributed by atoms with Crippen LogP contribution in [-0.4, -0.2) is 81.5 Å². The van der Waals surface area contributed by atoms with Gasteiger partial charge in [-0.1, -0.05) is 11.8 Å². The van der Waals surface area contributed by atoms with E-state index in [2.05, 4.69) is 26.3 Å². The summed E-state index contributed by atoms with van der Waals surface area (Å²) in [4.78, 5) is 29.6. The maximum Gasteiger partial charge on any atom is 0.356 e. The Balaban J connectivity index is 1.91. The summed E-state index contributed by atoms with van der Waals surface area (Å²) in [5.74, 6) is 4.92. The summed E-state index contributed by atoms with van der Waals surface area (Å²) in [5.41, 5.74) is 1.01. The summed E-state index contributed by atoms with van der Waals surface area (Å²) in [5, 5.41) is 0. The molecule has 0 aliphatic carbocycles. The predicted octanol–water partition coefficient (Wildman–Crippen LogP) is 2.03. The Morgan fingerprint density at radius 1 is 0.943 bits per heavy atom. The van der Waals surface area contributed by atoms with Crippen molar-refractivity contribution in [2.24, 2.45) is 0 Å². The lowest BCUT2D eigenvalue weighted by molar-refractivity contribution is 0.0585. The molecule has 0 atom stereocenters. The molecule has 0 saturated heterocycles. The van der Waals surface area contributed by atoms with E-state index in [1.165, 1.54) is 26.4 Å². The fourth-order valence-corrected chi connectivity index (χ4v) is 3.45. The largest absolute Gasteiger partial charge is 0.494 e. The van der Waals surface area contributed by atoms with Gasteiger partial charge in [0.15, 0.2) is 11.4 Å². The van der Waals surface area contributed by atoms with Crippen LogP contribution in [0.1, 0.15) is 44.9 Å². The molecule has 1 N–H and O–H groups in total. The third-order valence-electron chi connectivity index (χ3n) is 4.71. The molecule has 0 amide bonds. The number of rotatable bonds is 11. The molecule has 0 aliphatic rings. The van der Waals surface area contributed by atoms with Crippen molar-refractivity contribution in [1.29, 1.82) is 0 Å². The fraction of sp³-hybridized carbons (Fsp3) is 0.375. The molecule has 10 nitrogen and oxygen atoms in total. The number of carbonyl (C=O) groups excluding carboxylic acids is 2. The van der Waals surface area contributed by atoms with E-state index in [1.54, 1.807) is 24.3 Å². The fourth-order valence-electron chi connectivity index (χ4n) is 2.95. The van der Waals surface area contributed by atoms with Crippen LogP contribution in [0, 0.1) is 11.8 Å². The maximum atomic E-state index is 11.8. The number of hydrogen-bond acceptors (Lipinski definition) is 9. The molecule has 188 valence electrons. The highest BCUT2D eigenvalue weighted by Gasteiger charge is 2.15. The van der Waals surface area contributed by atoms with Gasteiger partial charge in [0.05, 0.1) is 26.6 Å². The van der Waals surface area contributed by atoms with Crippen LogP contribution in [-0.2, 0) is 19.6 Å². The van der Waals surface area contributed by atoms with Crippen LogP contribution in [0.25, 0.3) is 0 Å². The number of aromatic nitrogens is 1. The number of benzene rings is 1. The Morgan fingerprint density at radius 2 is 1.49 bits per heavy atom. The molecule has 11 heteroatoms. The number of ether oxygens (including phenoxy) is 3. The number of esters is 2. The van der Waals surface area contributed by atoms with E-state index in [0.29, 0.717) is 36.4 Å². The van der Waals surface area contributed by atoms with Gasteiger partial charge in [0.25, 0.3) is 10.1 Å². The van der Waals surface area contributed by atoms with E-state index in [1.807, 2.05) is 11.9 Å². The lowest BCUT2D eigenvalue weighted by Crippen LogP contribution is -2.24. The summed E-state index contributed by atoms with van der Waals surface area (Å²) in [6, 6.07) is 10.0. The summed E-state index contributed by atoms with van der Waals surface area (Å²) >= 11 is 0. The maximum absolute atomic E-state index is 11.8. The molecule has 35 heavy (non-hydrogen) atoms. The molecule has 0 spiro atoms. The van der Waals surface area contributed by atoms with Crippen LogP contribution in [0.3, 0.4) is 0 Å². The van der Waals surface area contributed by atoms with Gasteiger partial charge in [0.1, 0.15) is 5.75 Å². The lowest BCUT2D eigenvalue weighted by atomic mass is 10.1. The van der Waals surface area contributed by atoms with Crippen molar-refractivity contribution in [3.63, 3.8) is 0 Å². The first-order valence-electron chi connectivity index (χ1n) is 10.7. The van der Waals surface area contributed by atoms with Gasteiger partial charge in [-0.05, 0) is 62.8 Å². The van der Waals surface area contributed by atoms with Gasteiger partial charge in [0, 0.05) is 17.7 Å². The Bertz CT molecular complexity index is 1150. The van der Waals surface area contributed by atoms with Gasteiger partial charge in [-0.25, -0.2) is 14.6 Å². The Morgan fingerprint density at radius 3 is 2.03 bits per heavy atom. The zero-order valence-electron chi connectivity index (χ0n) is 19.8. The third kappa shape index (κ3) is 10.1. The topological polar surface area (TPSA) is 132 Å². The van der Waals surface area contributed by atoms with Gasteiger partial charge in [-0.3, -0.25) is 4.55 Å². The molecular weight excluding hydrogens is 476 g/mol. The molecule has 0 radical (unpaired) electrons. The Hall–Kier alpha value is -3.46. The van der Waals surface area contributed by atoms with Crippen LogP contribution < -0.4 is 4.74 Å². The third-order valence-corrected chi connectivity index (χ3v) is 5.52. The minimum absolute atomic E-state index is 0.0486. The van der Waals surface area contributed by atoms with E-state index >= 15 is 0 Å². The average Bonchev–Trinajstić information content (AvgIpc) is 2.84. The first-order valence-corrected chi connectivity index (χ1v) is 12.3. The molecule has 0 bridgehead atoms. The van der Waals surface area contributed by atoms with Gasteiger partial charge in [-0.2, -0.15) is 8.42 Å². The van der Waals surface area contributed by atoms with Crippen LogP contribution in [0.2, 0.25) is 0 Å². The smallest absolute Gasteiger partial charge is 0.356 e. The highest BCUT2D eigenvalue weighted by molar-refractivity contribution is 7.85. The number of methoxy groups -OCH3 is 2. The molecule has 1 heterocycles. The second-order valence-corrected chi connectivity index (χ2v) is 9.10. The molecule has 0 aliphatic heterocycles. The predicted molar refractivity (Wildman–Crippen MR) is 128 cm³/mol. The van der Waals surface area contributed by atoms with Crippen molar-refractivity contribution in [2.45, 2.75) is 12.8 Å². The van der Waals surface area contributed by atoms with Crippen LogP contribution in [0.15, 0.2) is 36.4 Å². The van der Waals surface area contributed by atoms with Gasteiger partial charge < -0.3 is 19.1 Å². The minimum Gasteiger partial charge on any atom is -0.494 e. The number of carbonyl (C=O) groups is 2. The van der Waals surface area contributed by atoms with Crippen LogP contribution >= 0.6 is 0 Å². The average molecular weight is 505 g/mol. The van der Waals surface area contributed by atoms with Gasteiger partial charge in [-0.15, -0.1) is 0 Å². The summed E-state index contributed by atoms with van der Waals surface area (Å²) in [6.07, 6.45) is 1.11. The Kier molecular flexibility index (Phi) is 10.7. The molecule has 0 unspecified atom stereocenters. The van der Waals surface area contributed by atoms with E-state index in [0.717, 1.165) is 13.0 Å². The van der Waals surface area contributed by atoms with Crippen molar-refractivity contribution in [2.75, 3.05) is 46.7 Å². The summed E-state index contributed by atoms with van der Waals surface area (Å²) < 4.78 is 45.3. The van der Waals surface area contributed by atoms with Crippen molar-refractivity contribution < 1.29 is 36.8 Å². The van der Waals surface area contributed by atoms with Gasteiger partial charge in [0.2, 0.25) is 0 Å². The van der Waals surface area contributed by atoms with Gasteiger partial charge >= 0.3 is 11.9 Å². The lowest BCUT2D eigenvalue weighted by Gasteiger charge is -2.16. The second kappa shape index (κ2) is 13.4. The van der Waals surface area contributed by atoms with E-state index in [-0.39, 0.29) is 17.1 Å². The van der Waals surface area contributed by atoms with Crippen molar-refractivity contribution in [3.8, 4) is 17.6 Å². The Labute approximate surface area is 205 Å². The van der Waals surface area contributed by atoms with Crippen LogP contribution in [0.5, 0.6) is 5.75 Å². The molecule has 0 saturated carbocycles. The first kappa shape index (κ1) is 27.8. The molecule has 1 aromatic heterocycles. The monoisotopic (exact) mass is 504 g/mol. The molecule has 0 fully saturated rings. The molecular formula is C24H28N2O8S.